The fourth-order valence-corrected chi connectivity index (χ4v) is 3.83. The van der Waals surface area contributed by atoms with Gasteiger partial charge in [-0.3, -0.25) is 0 Å². The van der Waals surface area contributed by atoms with E-state index in [0.717, 1.165) is 48.4 Å². The standard InChI is InChI=1S/C15H15N9S/c1-6-17-23(7-1)13-3-2-12-18-19-14(24(12)21-13)11-4-8-22(9-5-11)15-20-16-10-25-15/h1-3,6-7,10-11H,4-5,8-9H2. The van der Waals surface area contributed by atoms with Crippen molar-refractivity contribution in [3.63, 3.8) is 0 Å². The van der Waals surface area contributed by atoms with Crippen LogP contribution in [-0.4, -0.2) is 52.9 Å². The van der Waals surface area contributed by atoms with Gasteiger partial charge in [0.15, 0.2) is 17.3 Å². The highest BCUT2D eigenvalue weighted by molar-refractivity contribution is 7.13. The van der Waals surface area contributed by atoms with Crippen LogP contribution in [0.3, 0.4) is 0 Å². The largest absolute Gasteiger partial charge is 0.347 e. The molecule has 25 heavy (non-hydrogen) atoms. The summed E-state index contributed by atoms with van der Waals surface area (Å²) in [5.41, 5.74) is 2.53. The van der Waals surface area contributed by atoms with Gasteiger partial charge < -0.3 is 4.90 Å². The molecule has 4 aromatic rings. The van der Waals surface area contributed by atoms with Gasteiger partial charge in [-0.15, -0.1) is 25.5 Å². The third kappa shape index (κ3) is 2.54. The SMILES string of the molecule is c1cnn(-c2ccc3nnc(C4CCN(c5nncs5)CC4)n3n2)c1. The Bertz CT molecular complexity index is 968. The van der Waals surface area contributed by atoms with E-state index in [0.29, 0.717) is 5.92 Å². The Labute approximate surface area is 146 Å². The Morgan fingerprint density at radius 3 is 2.76 bits per heavy atom. The van der Waals surface area contributed by atoms with Crippen LogP contribution in [0, 0.1) is 0 Å². The lowest BCUT2D eigenvalue weighted by Gasteiger charge is -2.30. The van der Waals surface area contributed by atoms with Crippen molar-refractivity contribution in [2.24, 2.45) is 0 Å². The molecule has 0 unspecified atom stereocenters. The molecule has 10 heteroatoms. The fourth-order valence-electron chi connectivity index (χ4n) is 3.21. The summed E-state index contributed by atoms with van der Waals surface area (Å²) in [5.74, 6) is 2.00. The molecule has 0 amide bonds. The minimum absolute atomic E-state index is 0.333. The van der Waals surface area contributed by atoms with Crippen LogP contribution in [0.25, 0.3) is 11.5 Å². The van der Waals surface area contributed by atoms with Crippen molar-refractivity contribution in [3.8, 4) is 5.82 Å². The molecule has 4 aromatic heterocycles. The molecule has 0 radical (unpaired) electrons. The molecule has 0 bridgehead atoms. The number of rotatable bonds is 3. The Morgan fingerprint density at radius 2 is 2.00 bits per heavy atom. The van der Waals surface area contributed by atoms with Gasteiger partial charge in [0.25, 0.3) is 0 Å². The zero-order valence-electron chi connectivity index (χ0n) is 13.3. The Balaban J connectivity index is 1.42. The highest BCUT2D eigenvalue weighted by atomic mass is 32.1. The Kier molecular flexibility index (Phi) is 3.40. The number of piperidine rings is 1. The number of hydrogen-bond donors (Lipinski definition) is 0. The second-order valence-electron chi connectivity index (χ2n) is 5.95. The first-order chi connectivity index (χ1) is 12.4. The maximum atomic E-state index is 4.68. The van der Waals surface area contributed by atoms with Gasteiger partial charge in [0, 0.05) is 31.4 Å². The first-order valence-corrected chi connectivity index (χ1v) is 9.00. The Morgan fingerprint density at radius 1 is 1.08 bits per heavy atom. The molecule has 1 fully saturated rings. The second kappa shape index (κ2) is 5.88. The Hall–Kier alpha value is -2.88. The van der Waals surface area contributed by atoms with Crippen molar-refractivity contribution >= 4 is 22.1 Å². The summed E-state index contributed by atoms with van der Waals surface area (Å²) in [6.45, 7) is 1.88. The van der Waals surface area contributed by atoms with E-state index in [2.05, 4.69) is 35.5 Å². The van der Waals surface area contributed by atoms with Crippen LogP contribution in [0.2, 0.25) is 0 Å². The van der Waals surface area contributed by atoms with Gasteiger partial charge in [0.05, 0.1) is 0 Å². The highest BCUT2D eigenvalue weighted by Crippen LogP contribution is 2.30. The van der Waals surface area contributed by atoms with E-state index in [1.165, 1.54) is 0 Å². The number of aromatic nitrogens is 8. The van der Waals surface area contributed by atoms with Gasteiger partial charge in [-0.05, 0) is 31.0 Å². The highest BCUT2D eigenvalue weighted by Gasteiger charge is 2.26. The van der Waals surface area contributed by atoms with Crippen molar-refractivity contribution in [1.82, 2.24) is 39.8 Å². The number of nitrogens with zero attached hydrogens (tertiary/aromatic N) is 9. The third-order valence-electron chi connectivity index (χ3n) is 4.49. The molecule has 5 heterocycles. The van der Waals surface area contributed by atoms with Crippen LogP contribution in [0.5, 0.6) is 0 Å². The fraction of sp³-hybridized carbons (Fsp3) is 0.333. The van der Waals surface area contributed by atoms with Gasteiger partial charge in [0.1, 0.15) is 5.51 Å². The molecule has 126 valence electrons. The average Bonchev–Trinajstić information content (AvgIpc) is 3.42. The minimum Gasteiger partial charge on any atom is -0.347 e. The molecule has 9 nitrogen and oxygen atoms in total. The summed E-state index contributed by atoms with van der Waals surface area (Å²) in [6, 6.07) is 5.71. The first kappa shape index (κ1) is 14.5. The quantitative estimate of drug-likeness (QED) is 0.552. The van der Waals surface area contributed by atoms with Crippen LogP contribution in [0.1, 0.15) is 24.6 Å². The van der Waals surface area contributed by atoms with E-state index in [9.17, 15) is 0 Å². The topological polar surface area (TPSA) is 89.9 Å². The molecule has 0 N–H and O–H groups in total. The molecular weight excluding hydrogens is 338 g/mol. The summed E-state index contributed by atoms with van der Waals surface area (Å²) < 4.78 is 3.59. The van der Waals surface area contributed by atoms with Crippen LogP contribution in [0.4, 0.5) is 5.13 Å². The van der Waals surface area contributed by atoms with Gasteiger partial charge in [0.2, 0.25) is 5.13 Å². The molecule has 0 spiro atoms. The van der Waals surface area contributed by atoms with E-state index in [1.54, 1.807) is 27.7 Å². The zero-order chi connectivity index (χ0) is 16.6. The molecule has 0 saturated carbocycles. The predicted molar refractivity (Wildman–Crippen MR) is 92.0 cm³/mol. The predicted octanol–water partition coefficient (Wildman–Crippen LogP) is 1.55. The number of anilines is 1. The lowest BCUT2D eigenvalue weighted by molar-refractivity contribution is 0.476. The smallest absolute Gasteiger partial charge is 0.208 e. The molecule has 1 saturated heterocycles. The summed E-state index contributed by atoms with van der Waals surface area (Å²) in [7, 11) is 0. The van der Waals surface area contributed by atoms with Gasteiger partial charge >= 0.3 is 0 Å². The average molecular weight is 353 g/mol. The van der Waals surface area contributed by atoms with Crippen molar-refractivity contribution in [2.75, 3.05) is 18.0 Å². The van der Waals surface area contributed by atoms with Crippen LogP contribution < -0.4 is 4.90 Å². The summed E-state index contributed by atoms with van der Waals surface area (Å²) in [5, 5.41) is 26.7. The van der Waals surface area contributed by atoms with Crippen molar-refractivity contribution in [2.45, 2.75) is 18.8 Å². The van der Waals surface area contributed by atoms with E-state index in [1.807, 2.05) is 28.9 Å². The number of hydrogen-bond acceptors (Lipinski definition) is 8. The van der Waals surface area contributed by atoms with E-state index >= 15 is 0 Å². The van der Waals surface area contributed by atoms with Crippen LogP contribution in [-0.2, 0) is 0 Å². The summed E-state index contributed by atoms with van der Waals surface area (Å²) in [6.07, 6.45) is 5.60. The molecule has 0 aromatic carbocycles. The monoisotopic (exact) mass is 353 g/mol. The summed E-state index contributed by atoms with van der Waals surface area (Å²) in [4.78, 5) is 2.28. The normalized spacial score (nSPS) is 15.9. The van der Waals surface area contributed by atoms with Crippen molar-refractivity contribution in [1.29, 1.82) is 0 Å². The zero-order valence-corrected chi connectivity index (χ0v) is 14.1. The van der Waals surface area contributed by atoms with Crippen LogP contribution >= 0.6 is 11.3 Å². The molecule has 1 aliphatic rings. The lowest BCUT2D eigenvalue weighted by atomic mass is 9.96. The van der Waals surface area contributed by atoms with E-state index < -0.39 is 0 Å². The molecule has 0 aliphatic carbocycles. The molecule has 5 rings (SSSR count). The lowest BCUT2D eigenvalue weighted by Crippen LogP contribution is -2.33. The van der Waals surface area contributed by atoms with Crippen molar-refractivity contribution < 1.29 is 0 Å². The first-order valence-electron chi connectivity index (χ1n) is 8.12. The molecule has 0 atom stereocenters. The maximum Gasteiger partial charge on any atom is 0.208 e. The second-order valence-corrected chi connectivity index (χ2v) is 6.76. The third-order valence-corrected chi connectivity index (χ3v) is 5.24. The van der Waals surface area contributed by atoms with E-state index in [-0.39, 0.29) is 0 Å². The van der Waals surface area contributed by atoms with E-state index in [4.69, 9.17) is 0 Å². The van der Waals surface area contributed by atoms with Crippen molar-refractivity contribution in [3.05, 3.63) is 41.9 Å². The van der Waals surface area contributed by atoms with Gasteiger partial charge in [-0.1, -0.05) is 11.3 Å². The minimum atomic E-state index is 0.333. The maximum absolute atomic E-state index is 4.68. The number of fused-ring (bicyclic) bond motifs is 1. The van der Waals surface area contributed by atoms with Gasteiger partial charge in [-0.25, -0.2) is 4.68 Å². The van der Waals surface area contributed by atoms with Crippen LogP contribution in [0.15, 0.2) is 36.1 Å². The van der Waals surface area contributed by atoms with Gasteiger partial charge in [-0.2, -0.15) is 9.61 Å². The molecular formula is C15H15N9S. The summed E-state index contributed by atoms with van der Waals surface area (Å²) >= 11 is 1.58. The molecule has 1 aliphatic heterocycles.